The monoisotopic (exact) mass is 323 g/mol. The van der Waals surface area contributed by atoms with Gasteiger partial charge in [-0.25, -0.2) is 9.78 Å². The van der Waals surface area contributed by atoms with E-state index >= 15 is 0 Å². The van der Waals surface area contributed by atoms with E-state index in [1.54, 1.807) is 6.20 Å². The highest BCUT2D eigenvalue weighted by atomic mass is 16.6. The number of carbonyl (C=O) groups excluding carboxylic acids is 1. The number of nitrogens with zero attached hydrogens (tertiary/aromatic N) is 2. The van der Waals surface area contributed by atoms with Crippen molar-refractivity contribution >= 4 is 6.09 Å². The molecule has 1 N–H and O–H groups in total. The summed E-state index contributed by atoms with van der Waals surface area (Å²) < 4.78 is 11.0. The van der Waals surface area contributed by atoms with Crippen LogP contribution in [0.1, 0.15) is 58.6 Å². The molecule has 2 rings (SSSR count). The minimum absolute atomic E-state index is 0.199. The number of likely N-dealkylation sites (tertiary alicyclic amines) is 1. The predicted octanol–water partition coefficient (Wildman–Crippen LogP) is 3.25. The molecular weight excluding hydrogens is 294 g/mol. The molecule has 2 unspecified atom stereocenters. The number of amides is 1. The standard InChI is InChI=1S/C17H29N3O3/c1-12(18-11-15-19-10-13(2)22-15)9-14-7-6-8-20(14)16(21)23-17(3,4)5/h10,12,14,18H,6-9,11H2,1-5H3. The number of oxazole rings is 1. The van der Waals surface area contributed by atoms with Crippen molar-refractivity contribution in [3.05, 3.63) is 17.8 Å². The summed E-state index contributed by atoms with van der Waals surface area (Å²) in [5.74, 6) is 1.52. The average molecular weight is 323 g/mol. The highest BCUT2D eigenvalue weighted by molar-refractivity contribution is 5.68. The molecule has 0 saturated carbocycles. The molecule has 1 aliphatic rings. The van der Waals surface area contributed by atoms with E-state index in [9.17, 15) is 4.79 Å². The van der Waals surface area contributed by atoms with Crippen LogP contribution in [0.2, 0.25) is 0 Å². The second-order valence-corrected chi connectivity index (χ2v) is 7.35. The van der Waals surface area contributed by atoms with E-state index in [0.29, 0.717) is 12.4 Å². The summed E-state index contributed by atoms with van der Waals surface area (Å²) in [5.41, 5.74) is -0.448. The minimum atomic E-state index is -0.448. The Morgan fingerprint density at radius 3 is 2.91 bits per heavy atom. The summed E-state index contributed by atoms with van der Waals surface area (Å²) in [4.78, 5) is 18.4. The zero-order chi connectivity index (χ0) is 17.0. The smallest absolute Gasteiger partial charge is 0.410 e. The van der Waals surface area contributed by atoms with Gasteiger partial charge in [0.05, 0.1) is 12.7 Å². The molecule has 1 saturated heterocycles. The molecule has 0 aromatic carbocycles. The summed E-state index contributed by atoms with van der Waals surface area (Å²) in [6, 6.07) is 0.508. The van der Waals surface area contributed by atoms with Gasteiger partial charge in [-0.05, 0) is 53.9 Å². The van der Waals surface area contributed by atoms with Gasteiger partial charge in [0.25, 0.3) is 0 Å². The molecule has 2 atom stereocenters. The SMILES string of the molecule is Cc1cnc(CNC(C)CC2CCCN2C(=O)OC(C)(C)C)o1. The molecular formula is C17H29N3O3. The predicted molar refractivity (Wildman–Crippen MR) is 88.1 cm³/mol. The third kappa shape index (κ3) is 5.53. The van der Waals surface area contributed by atoms with E-state index in [2.05, 4.69) is 17.2 Å². The van der Waals surface area contributed by atoms with Crippen molar-refractivity contribution in [3.63, 3.8) is 0 Å². The van der Waals surface area contributed by atoms with Gasteiger partial charge in [-0.1, -0.05) is 0 Å². The normalized spacial score (nSPS) is 19.9. The van der Waals surface area contributed by atoms with Crippen molar-refractivity contribution in [1.29, 1.82) is 0 Å². The highest BCUT2D eigenvalue weighted by Gasteiger charge is 2.32. The maximum Gasteiger partial charge on any atom is 0.410 e. The Balaban J connectivity index is 1.81. The highest BCUT2D eigenvalue weighted by Crippen LogP contribution is 2.24. The molecule has 0 spiro atoms. The van der Waals surface area contributed by atoms with Gasteiger partial charge in [0.2, 0.25) is 5.89 Å². The van der Waals surface area contributed by atoms with Crippen LogP contribution in [0.5, 0.6) is 0 Å². The van der Waals surface area contributed by atoms with Crippen molar-refractivity contribution < 1.29 is 13.9 Å². The van der Waals surface area contributed by atoms with Crippen LogP contribution >= 0.6 is 0 Å². The van der Waals surface area contributed by atoms with E-state index in [1.165, 1.54) is 0 Å². The Kier molecular flexibility index (Phi) is 5.68. The Bertz CT molecular complexity index is 521. The summed E-state index contributed by atoms with van der Waals surface area (Å²) >= 11 is 0. The first kappa shape index (κ1) is 17.8. The Labute approximate surface area is 138 Å². The molecule has 2 heterocycles. The van der Waals surface area contributed by atoms with Crippen molar-refractivity contribution in [2.75, 3.05) is 6.54 Å². The minimum Gasteiger partial charge on any atom is -0.445 e. The van der Waals surface area contributed by atoms with Crippen molar-refractivity contribution in [3.8, 4) is 0 Å². The van der Waals surface area contributed by atoms with Crippen molar-refractivity contribution in [2.24, 2.45) is 0 Å². The third-order valence-corrected chi connectivity index (χ3v) is 3.90. The zero-order valence-electron chi connectivity index (χ0n) is 14.9. The second-order valence-electron chi connectivity index (χ2n) is 7.35. The van der Waals surface area contributed by atoms with Gasteiger partial charge in [0.1, 0.15) is 11.4 Å². The lowest BCUT2D eigenvalue weighted by molar-refractivity contribution is 0.0214. The van der Waals surface area contributed by atoms with Crippen LogP contribution in [0.25, 0.3) is 0 Å². The maximum absolute atomic E-state index is 12.3. The fraction of sp³-hybridized carbons (Fsp3) is 0.765. The Morgan fingerprint density at radius 1 is 1.57 bits per heavy atom. The van der Waals surface area contributed by atoms with E-state index in [4.69, 9.17) is 9.15 Å². The van der Waals surface area contributed by atoms with Crippen LogP contribution in [-0.4, -0.2) is 40.2 Å². The van der Waals surface area contributed by atoms with E-state index in [0.717, 1.165) is 31.6 Å². The molecule has 1 aliphatic heterocycles. The number of ether oxygens (including phenoxy) is 1. The summed E-state index contributed by atoms with van der Waals surface area (Å²) in [6.07, 6.45) is 4.50. The third-order valence-electron chi connectivity index (χ3n) is 3.90. The zero-order valence-corrected chi connectivity index (χ0v) is 14.9. The largest absolute Gasteiger partial charge is 0.445 e. The first-order valence-corrected chi connectivity index (χ1v) is 8.39. The van der Waals surface area contributed by atoms with Crippen LogP contribution in [-0.2, 0) is 11.3 Å². The molecule has 0 bridgehead atoms. The molecule has 0 radical (unpaired) electrons. The van der Waals surface area contributed by atoms with Crippen LogP contribution in [0.15, 0.2) is 10.6 Å². The molecule has 1 aromatic heterocycles. The fourth-order valence-corrected chi connectivity index (χ4v) is 2.88. The molecule has 6 nitrogen and oxygen atoms in total. The second kappa shape index (κ2) is 7.34. The number of aryl methyl sites for hydroxylation is 1. The van der Waals surface area contributed by atoms with Crippen LogP contribution in [0, 0.1) is 6.92 Å². The fourth-order valence-electron chi connectivity index (χ4n) is 2.88. The molecule has 1 fully saturated rings. The number of hydrogen-bond acceptors (Lipinski definition) is 5. The van der Waals surface area contributed by atoms with Gasteiger partial charge >= 0.3 is 6.09 Å². The Hall–Kier alpha value is -1.56. The number of rotatable bonds is 5. The molecule has 1 amide bonds. The van der Waals surface area contributed by atoms with Gasteiger partial charge < -0.3 is 19.4 Å². The van der Waals surface area contributed by atoms with E-state index in [1.807, 2.05) is 32.6 Å². The first-order valence-electron chi connectivity index (χ1n) is 8.39. The average Bonchev–Trinajstić information content (AvgIpc) is 3.03. The molecule has 6 heteroatoms. The number of carbonyl (C=O) groups is 1. The van der Waals surface area contributed by atoms with Gasteiger partial charge in [0.15, 0.2) is 0 Å². The molecule has 0 aliphatic carbocycles. The number of nitrogens with one attached hydrogen (secondary N) is 1. The van der Waals surface area contributed by atoms with Gasteiger partial charge in [-0.2, -0.15) is 0 Å². The first-order chi connectivity index (χ1) is 10.7. The van der Waals surface area contributed by atoms with Crippen molar-refractivity contribution in [1.82, 2.24) is 15.2 Å². The molecule has 130 valence electrons. The lowest BCUT2D eigenvalue weighted by Gasteiger charge is -2.30. The van der Waals surface area contributed by atoms with Crippen LogP contribution < -0.4 is 5.32 Å². The lowest BCUT2D eigenvalue weighted by Crippen LogP contribution is -2.42. The summed E-state index contributed by atoms with van der Waals surface area (Å²) in [5, 5.41) is 3.41. The molecule has 23 heavy (non-hydrogen) atoms. The van der Waals surface area contributed by atoms with E-state index < -0.39 is 5.60 Å². The summed E-state index contributed by atoms with van der Waals surface area (Å²) in [7, 11) is 0. The number of hydrogen-bond donors (Lipinski definition) is 1. The van der Waals surface area contributed by atoms with Gasteiger partial charge in [-0.15, -0.1) is 0 Å². The van der Waals surface area contributed by atoms with Crippen molar-refractivity contribution in [2.45, 2.75) is 78.1 Å². The topological polar surface area (TPSA) is 67.6 Å². The lowest BCUT2D eigenvalue weighted by atomic mass is 10.1. The maximum atomic E-state index is 12.3. The van der Waals surface area contributed by atoms with Crippen LogP contribution in [0.4, 0.5) is 4.79 Å². The number of aromatic nitrogens is 1. The van der Waals surface area contributed by atoms with Crippen LogP contribution in [0.3, 0.4) is 0 Å². The quantitative estimate of drug-likeness (QED) is 0.901. The molecule has 1 aromatic rings. The summed E-state index contributed by atoms with van der Waals surface area (Å²) in [6.45, 7) is 11.1. The van der Waals surface area contributed by atoms with Gasteiger partial charge in [0, 0.05) is 18.6 Å². The van der Waals surface area contributed by atoms with Gasteiger partial charge in [-0.3, -0.25) is 0 Å². The van der Waals surface area contributed by atoms with E-state index in [-0.39, 0.29) is 18.2 Å². The Morgan fingerprint density at radius 2 is 2.30 bits per heavy atom.